The number of likely N-dealkylation sites (tertiary alicyclic amines) is 1. The van der Waals surface area contributed by atoms with Gasteiger partial charge in [-0.2, -0.15) is 0 Å². The molecule has 1 fully saturated rings. The van der Waals surface area contributed by atoms with E-state index in [9.17, 15) is 14.7 Å². The fraction of sp³-hybridized carbons (Fsp3) is 0.278. The van der Waals surface area contributed by atoms with Crippen LogP contribution >= 0.6 is 11.3 Å². The number of H-pyrrole nitrogens is 1. The zero-order valence-corrected chi connectivity index (χ0v) is 15.3. The highest BCUT2D eigenvalue weighted by Crippen LogP contribution is 2.29. The van der Waals surface area contributed by atoms with E-state index in [2.05, 4.69) is 20.6 Å². The van der Waals surface area contributed by atoms with Gasteiger partial charge in [0.05, 0.1) is 17.4 Å². The second kappa shape index (κ2) is 7.28. The largest absolute Gasteiger partial charge is 0.465 e. The van der Waals surface area contributed by atoms with Crippen LogP contribution in [-0.2, 0) is 0 Å². The first kappa shape index (κ1) is 17.3. The van der Waals surface area contributed by atoms with Crippen molar-refractivity contribution < 1.29 is 14.7 Å². The molecule has 0 radical (unpaired) electrons. The molecule has 0 aromatic carbocycles. The van der Waals surface area contributed by atoms with E-state index in [-0.39, 0.29) is 11.9 Å². The van der Waals surface area contributed by atoms with Gasteiger partial charge in [-0.05, 0) is 36.4 Å². The summed E-state index contributed by atoms with van der Waals surface area (Å²) in [6.45, 7) is 0.843. The molecule has 4 N–H and O–H groups in total. The highest BCUT2D eigenvalue weighted by atomic mass is 32.1. The molecule has 1 aliphatic rings. The van der Waals surface area contributed by atoms with Crippen molar-refractivity contribution in [1.82, 2.24) is 20.2 Å². The Morgan fingerprint density at radius 1 is 1.33 bits per heavy atom. The van der Waals surface area contributed by atoms with Gasteiger partial charge in [-0.3, -0.25) is 4.79 Å². The normalized spacial score (nSPS) is 16.6. The van der Waals surface area contributed by atoms with Crippen molar-refractivity contribution in [2.45, 2.75) is 18.9 Å². The predicted molar refractivity (Wildman–Crippen MR) is 104 cm³/mol. The van der Waals surface area contributed by atoms with E-state index in [1.54, 1.807) is 6.20 Å². The first-order valence-electron chi connectivity index (χ1n) is 8.68. The number of anilines is 2. The van der Waals surface area contributed by atoms with Gasteiger partial charge in [-0.15, -0.1) is 11.3 Å². The molecule has 8 nitrogen and oxygen atoms in total. The lowest BCUT2D eigenvalue weighted by molar-refractivity contribution is 0.0938. The van der Waals surface area contributed by atoms with Crippen molar-refractivity contribution in [1.29, 1.82) is 0 Å². The molecule has 2 amide bonds. The molecule has 4 rings (SSSR count). The van der Waals surface area contributed by atoms with Crippen LogP contribution in [0.1, 0.15) is 22.5 Å². The highest BCUT2D eigenvalue weighted by Gasteiger charge is 2.29. The predicted octanol–water partition coefficient (Wildman–Crippen LogP) is 3.24. The van der Waals surface area contributed by atoms with Gasteiger partial charge in [0.1, 0.15) is 10.5 Å². The Bertz CT molecular complexity index is 982. The second-order valence-corrected chi connectivity index (χ2v) is 7.29. The number of thiophene rings is 1. The molecule has 0 aliphatic carbocycles. The average Bonchev–Trinajstić information content (AvgIpc) is 3.39. The topological polar surface area (TPSA) is 110 Å². The number of pyridine rings is 1. The Hall–Kier alpha value is -3.07. The summed E-state index contributed by atoms with van der Waals surface area (Å²) in [5.41, 5.74) is 2.35. The summed E-state index contributed by atoms with van der Waals surface area (Å²) in [5, 5.41) is 18.2. The number of carbonyl (C=O) groups excluding carboxylic acids is 1. The fourth-order valence-corrected chi connectivity index (χ4v) is 4.15. The standard InChI is InChI=1S/C18H19N5O3S/c24-17(21-10-11-2-1-8-23(11)18(25)26)15-14(5-9-27-15)22-13-4-7-20-16-12(13)3-6-19-16/h3-7,9,11H,1-2,8,10H2,(H,21,24)(H,25,26)(H2,19,20,22)/t11-/m1/s1. The number of nitrogens with zero attached hydrogens (tertiary/aromatic N) is 2. The Morgan fingerprint density at radius 3 is 3.07 bits per heavy atom. The molecule has 1 aliphatic heterocycles. The number of aromatic nitrogens is 2. The molecule has 1 atom stereocenters. The number of fused-ring (bicyclic) bond motifs is 1. The molecule has 3 aromatic rings. The molecule has 0 bridgehead atoms. The van der Waals surface area contributed by atoms with E-state index >= 15 is 0 Å². The maximum absolute atomic E-state index is 12.6. The molecule has 0 unspecified atom stereocenters. The van der Waals surface area contributed by atoms with Crippen molar-refractivity contribution in [2.24, 2.45) is 0 Å². The smallest absolute Gasteiger partial charge is 0.407 e. The number of hydrogen-bond donors (Lipinski definition) is 4. The van der Waals surface area contributed by atoms with E-state index < -0.39 is 6.09 Å². The van der Waals surface area contributed by atoms with Gasteiger partial charge in [0.15, 0.2) is 0 Å². The van der Waals surface area contributed by atoms with Crippen LogP contribution < -0.4 is 10.6 Å². The summed E-state index contributed by atoms with van der Waals surface area (Å²) < 4.78 is 0. The fourth-order valence-electron chi connectivity index (χ4n) is 3.39. The Kier molecular flexibility index (Phi) is 4.68. The molecule has 4 heterocycles. The van der Waals surface area contributed by atoms with Crippen molar-refractivity contribution in [3.05, 3.63) is 40.8 Å². The van der Waals surface area contributed by atoms with Crippen LogP contribution in [0, 0.1) is 0 Å². The number of hydrogen-bond acceptors (Lipinski definition) is 5. The number of rotatable bonds is 5. The zero-order chi connectivity index (χ0) is 18.8. The lowest BCUT2D eigenvalue weighted by Gasteiger charge is -2.21. The quantitative estimate of drug-likeness (QED) is 0.539. The number of carbonyl (C=O) groups is 2. The van der Waals surface area contributed by atoms with Crippen LogP contribution in [0.15, 0.2) is 36.0 Å². The van der Waals surface area contributed by atoms with E-state index in [4.69, 9.17) is 0 Å². The van der Waals surface area contributed by atoms with Crippen molar-refractivity contribution in [3.8, 4) is 0 Å². The zero-order valence-electron chi connectivity index (χ0n) is 14.4. The summed E-state index contributed by atoms with van der Waals surface area (Å²) in [7, 11) is 0. The molecule has 0 spiro atoms. The molecule has 0 saturated carbocycles. The summed E-state index contributed by atoms with van der Waals surface area (Å²) in [4.78, 5) is 33.1. The molecule has 1 saturated heterocycles. The number of amides is 2. The summed E-state index contributed by atoms with van der Waals surface area (Å²) in [6.07, 6.45) is 4.18. The van der Waals surface area contributed by atoms with Crippen molar-refractivity contribution in [2.75, 3.05) is 18.4 Å². The molecule has 140 valence electrons. The van der Waals surface area contributed by atoms with Gasteiger partial charge in [0, 0.05) is 30.9 Å². The Balaban J connectivity index is 1.46. The minimum absolute atomic E-state index is 0.164. The SMILES string of the molecule is O=C(NC[C@H]1CCCN1C(=O)O)c1sccc1Nc1ccnc2[nH]ccc12. The first-order chi connectivity index (χ1) is 13.1. The van der Waals surface area contributed by atoms with Crippen LogP contribution in [0.5, 0.6) is 0 Å². The third-order valence-corrected chi connectivity index (χ3v) is 5.64. The van der Waals surface area contributed by atoms with Crippen LogP contribution in [0.3, 0.4) is 0 Å². The van der Waals surface area contributed by atoms with Gasteiger partial charge in [-0.25, -0.2) is 9.78 Å². The van der Waals surface area contributed by atoms with E-state index in [1.807, 2.05) is 29.8 Å². The lowest BCUT2D eigenvalue weighted by atomic mass is 10.2. The van der Waals surface area contributed by atoms with E-state index in [0.29, 0.717) is 23.7 Å². The third kappa shape index (κ3) is 3.45. The minimum atomic E-state index is -0.932. The van der Waals surface area contributed by atoms with Gasteiger partial charge in [0.25, 0.3) is 5.91 Å². The van der Waals surface area contributed by atoms with Crippen LogP contribution in [-0.4, -0.2) is 51.1 Å². The molecule has 9 heteroatoms. The van der Waals surface area contributed by atoms with Gasteiger partial charge < -0.3 is 25.6 Å². The van der Waals surface area contributed by atoms with Gasteiger partial charge in [-0.1, -0.05) is 0 Å². The number of aromatic amines is 1. The van der Waals surface area contributed by atoms with Gasteiger partial charge in [0.2, 0.25) is 0 Å². The molecular formula is C18H19N5O3S. The highest BCUT2D eigenvalue weighted by molar-refractivity contribution is 7.12. The van der Waals surface area contributed by atoms with Gasteiger partial charge >= 0.3 is 6.09 Å². The molecular weight excluding hydrogens is 366 g/mol. The summed E-state index contributed by atoms with van der Waals surface area (Å²) in [5.74, 6) is -0.205. The lowest BCUT2D eigenvalue weighted by Crippen LogP contribution is -2.42. The third-order valence-electron chi connectivity index (χ3n) is 4.72. The van der Waals surface area contributed by atoms with Crippen molar-refractivity contribution in [3.63, 3.8) is 0 Å². The molecule has 27 heavy (non-hydrogen) atoms. The first-order valence-corrected chi connectivity index (χ1v) is 9.56. The maximum atomic E-state index is 12.6. The Morgan fingerprint density at radius 2 is 2.22 bits per heavy atom. The number of carboxylic acid groups (broad SMARTS) is 1. The average molecular weight is 385 g/mol. The number of nitrogens with one attached hydrogen (secondary N) is 3. The Labute approximate surface area is 159 Å². The summed E-state index contributed by atoms with van der Waals surface area (Å²) in [6, 6.07) is 5.48. The summed E-state index contributed by atoms with van der Waals surface area (Å²) >= 11 is 1.35. The van der Waals surface area contributed by atoms with Crippen LogP contribution in [0.25, 0.3) is 11.0 Å². The minimum Gasteiger partial charge on any atom is -0.465 e. The van der Waals surface area contributed by atoms with Crippen LogP contribution in [0.2, 0.25) is 0 Å². The van der Waals surface area contributed by atoms with Crippen molar-refractivity contribution >= 4 is 45.7 Å². The molecule has 3 aromatic heterocycles. The second-order valence-electron chi connectivity index (χ2n) is 6.37. The maximum Gasteiger partial charge on any atom is 0.407 e. The van der Waals surface area contributed by atoms with E-state index in [0.717, 1.165) is 29.6 Å². The van der Waals surface area contributed by atoms with E-state index in [1.165, 1.54) is 16.2 Å². The monoisotopic (exact) mass is 385 g/mol. The van der Waals surface area contributed by atoms with Crippen LogP contribution in [0.4, 0.5) is 16.2 Å².